The normalized spacial score (nSPS) is 16.9. The van der Waals surface area contributed by atoms with E-state index in [1.165, 1.54) is 5.56 Å². The molecule has 116 valence electrons. The van der Waals surface area contributed by atoms with Crippen LogP contribution in [-0.4, -0.2) is 14.4 Å². The van der Waals surface area contributed by atoms with Gasteiger partial charge in [-0.1, -0.05) is 58.0 Å². The lowest BCUT2D eigenvalue weighted by Crippen LogP contribution is -2.46. The summed E-state index contributed by atoms with van der Waals surface area (Å²) in [5.41, 5.74) is 1.29. The summed E-state index contributed by atoms with van der Waals surface area (Å²) in [7, 11) is -1.84. The minimum Gasteiger partial charge on any atom is -0.412 e. The maximum Gasteiger partial charge on any atom is 0.192 e. The first kappa shape index (κ1) is 18.0. The Hall–Kier alpha value is -1.04. The Labute approximate surface area is 132 Å². The smallest absolute Gasteiger partial charge is 0.192 e. The van der Waals surface area contributed by atoms with Crippen molar-refractivity contribution >= 4 is 8.32 Å². The molecule has 1 nitrogen and oxygen atoms in total. The largest absolute Gasteiger partial charge is 0.412 e. The van der Waals surface area contributed by atoms with Crippen molar-refractivity contribution in [2.45, 2.75) is 64.8 Å². The van der Waals surface area contributed by atoms with Crippen LogP contribution in [0.5, 0.6) is 0 Å². The summed E-state index contributed by atoms with van der Waals surface area (Å²) in [6.07, 6.45) is 5.77. The van der Waals surface area contributed by atoms with Gasteiger partial charge in [-0.2, -0.15) is 0 Å². The Bertz CT molecular complexity index is 479. The van der Waals surface area contributed by atoms with E-state index in [-0.39, 0.29) is 17.1 Å². The van der Waals surface area contributed by atoms with Gasteiger partial charge in [0.2, 0.25) is 0 Å². The van der Waals surface area contributed by atoms with Crippen molar-refractivity contribution in [3.8, 4) is 12.3 Å². The van der Waals surface area contributed by atoms with Crippen molar-refractivity contribution in [1.82, 2.24) is 0 Å². The molecular weight excluding hydrogens is 272 g/mol. The Kier molecular flexibility index (Phi) is 5.84. The van der Waals surface area contributed by atoms with E-state index in [2.05, 4.69) is 77.9 Å². The van der Waals surface area contributed by atoms with Gasteiger partial charge >= 0.3 is 0 Å². The molecule has 0 spiro atoms. The third-order valence-electron chi connectivity index (χ3n) is 4.81. The molecular formula is C19H30OSi. The quantitative estimate of drug-likeness (QED) is 0.519. The van der Waals surface area contributed by atoms with E-state index in [0.717, 1.165) is 0 Å². The summed E-state index contributed by atoms with van der Waals surface area (Å²) >= 11 is 0. The molecule has 0 N–H and O–H groups in total. The Balaban J connectivity index is 3.06. The van der Waals surface area contributed by atoms with Gasteiger partial charge in [-0.3, -0.25) is 0 Å². The lowest BCUT2D eigenvalue weighted by atomic mass is 9.88. The first-order valence-electron chi connectivity index (χ1n) is 7.79. The summed E-state index contributed by atoms with van der Waals surface area (Å²) in [5.74, 6) is 3.29. The molecule has 0 amide bonds. The Morgan fingerprint density at radius 3 is 2.05 bits per heavy atom. The standard InChI is InChI=1S/C19H30OSi/c1-9-15(2)18(20-21(7,8)19(4,5)6)16(3)17-13-11-10-12-14-17/h1,10-16,18H,2-8H3/t15-,16-,18-/m0/s1. The fourth-order valence-corrected chi connectivity index (χ4v) is 3.64. The Morgan fingerprint density at radius 2 is 1.62 bits per heavy atom. The van der Waals surface area contributed by atoms with Crippen molar-refractivity contribution in [3.63, 3.8) is 0 Å². The Morgan fingerprint density at radius 1 is 1.10 bits per heavy atom. The maximum absolute atomic E-state index is 6.67. The molecule has 0 fully saturated rings. The fourth-order valence-electron chi connectivity index (χ4n) is 2.20. The van der Waals surface area contributed by atoms with E-state index >= 15 is 0 Å². The van der Waals surface area contributed by atoms with Crippen LogP contribution in [0.3, 0.4) is 0 Å². The topological polar surface area (TPSA) is 9.23 Å². The maximum atomic E-state index is 6.67. The average Bonchev–Trinajstić information content (AvgIpc) is 2.43. The molecule has 0 aliphatic carbocycles. The highest BCUT2D eigenvalue weighted by Gasteiger charge is 2.41. The molecule has 3 atom stereocenters. The van der Waals surface area contributed by atoms with E-state index in [9.17, 15) is 0 Å². The first-order chi connectivity index (χ1) is 9.60. The highest BCUT2D eigenvalue weighted by atomic mass is 28.4. The van der Waals surface area contributed by atoms with Crippen LogP contribution in [-0.2, 0) is 4.43 Å². The molecule has 0 aliphatic heterocycles. The second-order valence-corrected chi connectivity index (χ2v) is 12.3. The van der Waals surface area contributed by atoms with E-state index in [0.29, 0.717) is 5.92 Å². The molecule has 1 rings (SSSR count). The lowest BCUT2D eigenvalue weighted by molar-refractivity contribution is 0.126. The van der Waals surface area contributed by atoms with Gasteiger partial charge in [0.05, 0.1) is 6.10 Å². The number of hydrogen-bond acceptors (Lipinski definition) is 1. The lowest BCUT2D eigenvalue weighted by Gasteiger charge is -2.42. The summed E-state index contributed by atoms with van der Waals surface area (Å²) in [5, 5.41) is 0.190. The van der Waals surface area contributed by atoms with Crippen LogP contribution >= 0.6 is 0 Å². The highest BCUT2D eigenvalue weighted by molar-refractivity contribution is 6.74. The van der Waals surface area contributed by atoms with Gasteiger partial charge in [0.1, 0.15) is 0 Å². The molecule has 0 unspecified atom stereocenters. The van der Waals surface area contributed by atoms with Crippen LogP contribution in [0.25, 0.3) is 0 Å². The summed E-state index contributed by atoms with van der Waals surface area (Å²) in [6, 6.07) is 10.5. The second kappa shape index (κ2) is 6.81. The summed E-state index contributed by atoms with van der Waals surface area (Å²) in [4.78, 5) is 0. The zero-order valence-corrected chi connectivity index (χ0v) is 15.6. The SMILES string of the molecule is C#C[C@H](C)[C@H](O[Si](C)(C)C(C)(C)C)[C@@H](C)c1ccccc1. The van der Waals surface area contributed by atoms with Gasteiger partial charge in [0.25, 0.3) is 0 Å². The predicted molar refractivity (Wildman–Crippen MR) is 94.9 cm³/mol. The van der Waals surface area contributed by atoms with E-state index in [1.54, 1.807) is 0 Å². The zero-order chi connectivity index (χ0) is 16.3. The molecule has 21 heavy (non-hydrogen) atoms. The van der Waals surface area contributed by atoms with Crippen molar-refractivity contribution in [3.05, 3.63) is 35.9 Å². The molecule has 0 saturated heterocycles. The predicted octanol–water partition coefficient (Wildman–Crippen LogP) is 5.45. The third kappa shape index (κ3) is 4.46. The molecule has 0 saturated carbocycles. The van der Waals surface area contributed by atoms with Crippen LogP contribution in [0.4, 0.5) is 0 Å². The van der Waals surface area contributed by atoms with Gasteiger partial charge in [0, 0.05) is 11.8 Å². The van der Waals surface area contributed by atoms with Crippen molar-refractivity contribution in [2.75, 3.05) is 0 Å². The van der Waals surface area contributed by atoms with Crippen molar-refractivity contribution in [2.24, 2.45) is 5.92 Å². The van der Waals surface area contributed by atoms with Gasteiger partial charge < -0.3 is 4.43 Å². The molecule has 0 aromatic heterocycles. The monoisotopic (exact) mass is 302 g/mol. The molecule has 1 aromatic rings. The van der Waals surface area contributed by atoms with E-state index in [1.807, 2.05) is 6.07 Å². The van der Waals surface area contributed by atoms with Gasteiger partial charge in [-0.15, -0.1) is 12.3 Å². The second-order valence-electron chi connectivity index (χ2n) is 7.50. The van der Waals surface area contributed by atoms with Crippen LogP contribution in [0.15, 0.2) is 30.3 Å². The molecule has 1 aromatic carbocycles. The number of terminal acetylenes is 1. The zero-order valence-electron chi connectivity index (χ0n) is 14.6. The third-order valence-corrected chi connectivity index (χ3v) is 9.28. The molecule has 0 bridgehead atoms. The van der Waals surface area contributed by atoms with Gasteiger partial charge in [-0.25, -0.2) is 0 Å². The molecule has 0 radical (unpaired) electrons. The molecule has 0 heterocycles. The van der Waals surface area contributed by atoms with Crippen LogP contribution in [0.1, 0.15) is 46.1 Å². The fraction of sp³-hybridized carbons (Fsp3) is 0.579. The minimum absolute atomic E-state index is 0.0679. The van der Waals surface area contributed by atoms with Crippen LogP contribution in [0.2, 0.25) is 18.1 Å². The number of benzene rings is 1. The number of hydrogen-bond donors (Lipinski definition) is 0. The average molecular weight is 303 g/mol. The first-order valence-corrected chi connectivity index (χ1v) is 10.7. The minimum atomic E-state index is -1.84. The van der Waals surface area contributed by atoms with Gasteiger partial charge in [-0.05, 0) is 30.6 Å². The molecule has 2 heteroatoms. The highest BCUT2D eigenvalue weighted by Crippen LogP contribution is 2.40. The van der Waals surface area contributed by atoms with E-state index in [4.69, 9.17) is 10.8 Å². The number of rotatable bonds is 5. The van der Waals surface area contributed by atoms with E-state index < -0.39 is 8.32 Å². The molecule has 0 aliphatic rings. The summed E-state index contributed by atoms with van der Waals surface area (Å²) in [6.45, 7) is 15.7. The summed E-state index contributed by atoms with van der Waals surface area (Å²) < 4.78 is 6.67. The van der Waals surface area contributed by atoms with Crippen LogP contribution < -0.4 is 0 Å². The van der Waals surface area contributed by atoms with Gasteiger partial charge in [0.15, 0.2) is 8.32 Å². The van der Waals surface area contributed by atoms with Crippen LogP contribution in [0, 0.1) is 18.3 Å². The van der Waals surface area contributed by atoms with Crippen molar-refractivity contribution in [1.29, 1.82) is 0 Å². The van der Waals surface area contributed by atoms with Crippen molar-refractivity contribution < 1.29 is 4.43 Å².